The molecular weight excluding hydrogens is 325 g/mol. The van der Waals surface area contributed by atoms with Crippen molar-refractivity contribution in [1.29, 1.82) is 0 Å². The summed E-state index contributed by atoms with van der Waals surface area (Å²) in [6.07, 6.45) is -4.55. The maximum absolute atomic E-state index is 13.0. The second-order valence-electron chi connectivity index (χ2n) is 5.25. The highest BCUT2D eigenvalue weighted by Gasteiger charge is 2.34. The molecule has 2 aromatic rings. The van der Waals surface area contributed by atoms with Crippen molar-refractivity contribution < 1.29 is 18.0 Å². The average molecular weight is 342 g/mol. The van der Waals surface area contributed by atoms with Crippen LogP contribution in [0.4, 0.5) is 13.2 Å². The molecule has 3 nitrogen and oxygen atoms in total. The molecular formula is C16H17F3N2OS. The van der Waals surface area contributed by atoms with Crippen molar-refractivity contribution in [3.8, 4) is 0 Å². The largest absolute Gasteiger partial charge is 0.417 e. The molecule has 124 valence electrons. The van der Waals surface area contributed by atoms with Crippen molar-refractivity contribution in [2.45, 2.75) is 12.2 Å². The molecule has 1 aromatic heterocycles. The number of nitrogens with zero attached hydrogens (tertiary/aromatic N) is 1. The molecule has 0 saturated carbocycles. The number of thiophene rings is 1. The lowest BCUT2D eigenvalue weighted by Gasteiger charge is -2.24. The van der Waals surface area contributed by atoms with Crippen LogP contribution in [0, 0.1) is 0 Å². The van der Waals surface area contributed by atoms with Gasteiger partial charge < -0.3 is 10.2 Å². The molecule has 0 saturated heterocycles. The number of rotatable bonds is 5. The molecule has 1 amide bonds. The topological polar surface area (TPSA) is 32.3 Å². The van der Waals surface area contributed by atoms with Gasteiger partial charge in [-0.15, -0.1) is 11.3 Å². The fourth-order valence-electron chi connectivity index (χ4n) is 2.23. The maximum atomic E-state index is 13.0. The standard InChI is InChI=1S/C16H17F3N2OS/c1-21(2)13(14-8-5-9-23-14)10-20-15(22)11-6-3-4-7-12(11)16(17,18)19/h3-9,13H,10H2,1-2H3,(H,20,22). The number of carbonyl (C=O) groups is 1. The van der Waals surface area contributed by atoms with Gasteiger partial charge in [-0.3, -0.25) is 4.79 Å². The Morgan fingerprint density at radius 2 is 1.91 bits per heavy atom. The van der Waals surface area contributed by atoms with Gasteiger partial charge in [-0.1, -0.05) is 18.2 Å². The van der Waals surface area contributed by atoms with Gasteiger partial charge in [-0.05, 0) is 37.7 Å². The number of hydrogen-bond donors (Lipinski definition) is 1. The van der Waals surface area contributed by atoms with Gasteiger partial charge in [0.05, 0.1) is 17.2 Å². The number of alkyl halides is 3. The Bertz CT molecular complexity index is 654. The third-order valence-corrected chi connectivity index (χ3v) is 4.40. The van der Waals surface area contributed by atoms with Gasteiger partial charge in [0.1, 0.15) is 0 Å². The number of halogens is 3. The van der Waals surface area contributed by atoms with E-state index < -0.39 is 17.6 Å². The molecule has 23 heavy (non-hydrogen) atoms. The van der Waals surface area contributed by atoms with Crippen LogP contribution in [-0.4, -0.2) is 31.4 Å². The molecule has 0 fully saturated rings. The van der Waals surface area contributed by atoms with E-state index in [2.05, 4.69) is 5.32 Å². The van der Waals surface area contributed by atoms with Gasteiger partial charge in [0.15, 0.2) is 0 Å². The Balaban J connectivity index is 2.14. The van der Waals surface area contributed by atoms with Crippen LogP contribution >= 0.6 is 11.3 Å². The van der Waals surface area contributed by atoms with Crippen molar-refractivity contribution in [2.24, 2.45) is 0 Å². The summed E-state index contributed by atoms with van der Waals surface area (Å²) < 4.78 is 38.9. The highest BCUT2D eigenvalue weighted by atomic mass is 32.1. The predicted octanol–water partition coefficient (Wildman–Crippen LogP) is 3.80. The minimum atomic E-state index is -4.55. The molecule has 2 rings (SSSR count). The first-order valence-electron chi connectivity index (χ1n) is 6.95. The highest BCUT2D eigenvalue weighted by Crippen LogP contribution is 2.32. The predicted molar refractivity (Wildman–Crippen MR) is 84.5 cm³/mol. The summed E-state index contributed by atoms with van der Waals surface area (Å²) in [5.41, 5.74) is -1.28. The van der Waals surface area contributed by atoms with Crippen LogP contribution in [0.2, 0.25) is 0 Å². The van der Waals surface area contributed by atoms with Gasteiger partial charge in [0, 0.05) is 11.4 Å². The van der Waals surface area contributed by atoms with Crippen molar-refractivity contribution >= 4 is 17.2 Å². The Labute approximate surface area is 136 Å². The molecule has 7 heteroatoms. The summed E-state index contributed by atoms with van der Waals surface area (Å²) in [5, 5.41) is 4.53. The van der Waals surface area contributed by atoms with E-state index in [1.165, 1.54) is 18.2 Å². The summed E-state index contributed by atoms with van der Waals surface area (Å²) in [6.45, 7) is 0.235. The van der Waals surface area contributed by atoms with E-state index >= 15 is 0 Å². The van der Waals surface area contributed by atoms with E-state index in [0.717, 1.165) is 10.9 Å². The molecule has 0 bridgehead atoms. The van der Waals surface area contributed by atoms with Crippen LogP contribution in [0.15, 0.2) is 41.8 Å². The van der Waals surface area contributed by atoms with E-state index in [0.29, 0.717) is 0 Å². The Hall–Kier alpha value is -1.86. The highest BCUT2D eigenvalue weighted by molar-refractivity contribution is 7.10. The smallest absolute Gasteiger partial charge is 0.350 e. The zero-order valence-electron chi connectivity index (χ0n) is 12.7. The van der Waals surface area contributed by atoms with Crippen LogP contribution in [0.25, 0.3) is 0 Å². The summed E-state index contributed by atoms with van der Waals surface area (Å²) in [4.78, 5) is 15.1. The fourth-order valence-corrected chi connectivity index (χ4v) is 3.15. The summed E-state index contributed by atoms with van der Waals surface area (Å²) in [5.74, 6) is -0.721. The molecule has 1 N–H and O–H groups in total. The van der Waals surface area contributed by atoms with Gasteiger partial charge in [0.2, 0.25) is 0 Å². The first kappa shape index (κ1) is 17.5. The Morgan fingerprint density at radius 1 is 1.22 bits per heavy atom. The van der Waals surface area contributed by atoms with Gasteiger partial charge in [-0.2, -0.15) is 13.2 Å². The second kappa shape index (κ2) is 7.14. The van der Waals surface area contributed by atoms with Crippen LogP contribution in [0.5, 0.6) is 0 Å². The Kier molecular flexibility index (Phi) is 5.43. The number of hydrogen-bond acceptors (Lipinski definition) is 3. The van der Waals surface area contributed by atoms with Gasteiger partial charge in [0.25, 0.3) is 5.91 Å². The average Bonchev–Trinajstić information content (AvgIpc) is 3.00. The number of nitrogens with one attached hydrogen (secondary N) is 1. The normalized spacial score (nSPS) is 13.1. The first-order valence-corrected chi connectivity index (χ1v) is 7.83. The summed E-state index contributed by atoms with van der Waals surface area (Å²) >= 11 is 1.54. The third-order valence-electron chi connectivity index (χ3n) is 3.43. The van der Waals surface area contributed by atoms with Crippen LogP contribution in [0.3, 0.4) is 0 Å². The van der Waals surface area contributed by atoms with E-state index in [1.54, 1.807) is 11.3 Å². The summed E-state index contributed by atoms with van der Waals surface area (Å²) in [7, 11) is 3.72. The van der Waals surface area contributed by atoms with Crippen molar-refractivity contribution in [3.63, 3.8) is 0 Å². The molecule has 0 radical (unpaired) electrons. The quantitative estimate of drug-likeness (QED) is 0.896. The van der Waals surface area contributed by atoms with E-state index in [1.807, 2.05) is 36.5 Å². The van der Waals surface area contributed by atoms with Gasteiger partial charge >= 0.3 is 6.18 Å². The Morgan fingerprint density at radius 3 is 2.48 bits per heavy atom. The lowest BCUT2D eigenvalue weighted by atomic mass is 10.1. The second-order valence-corrected chi connectivity index (χ2v) is 6.23. The lowest BCUT2D eigenvalue weighted by Crippen LogP contribution is -2.35. The molecule has 1 atom stereocenters. The zero-order valence-corrected chi connectivity index (χ0v) is 13.5. The number of likely N-dealkylation sites (N-methyl/N-ethyl adjacent to an activating group) is 1. The summed E-state index contributed by atoms with van der Waals surface area (Å²) in [6, 6.07) is 8.55. The van der Waals surface area contributed by atoms with Crippen molar-refractivity contribution in [3.05, 3.63) is 57.8 Å². The maximum Gasteiger partial charge on any atom is 0.417 e. The number of amides is 1. The van der Waals surface area contributed by atoms with E-state index in [9.17, 15) is 18.0 Å². The van der Waals surface area contributed by atoms with Crippen molar-refractivity contribution in [2.75, 3.05) is 20.6 Å². The fraction of sp³-hybridized carbons (Fsp3) is 0.312. The molecule has 0 aliphatic rings. The van der Waals surface area contributed by atoms with E-state index in [4.69, 9.17) is 0 Å². The third kappa shape index (κ3) is 4.33. The van der Waals surface area contributed by atoms with E-state index in [-0.39, 0.29) is 18.2 Å². The molecule has 1 unspecified atom stereocenters. The van der Waals surface area contributed by atoms with Crippen LogP contribution in [-0.2, 0) is 6.18 Å². The van der Waals surface area contributed by atoms with Crippen molar-refractivity contribution in [1.82, 2.24) is 10.2 Å². The number of carbonyl (C=O) groups excluding carboxylic acids is 1. The number of benzene rings is 1. The minimum Gasteiger partial charge on any atom is -0.350 e. The molecule has 0 spiro atoms. The minimum absolute atomic E-state index is 0.0861. The van der Waals surface area contributed by atoms with Crippen LogP contribution in [0.1, 0.15) is 26.8 Å². The lowest BCUT2D eigenvalue weighted by molar-refractivity contribution is -0.137. The zero-order chi connectivity index (χ0) is 17.0. The van der Waals surface area contributed by atoms with Crippen LogP contribution < -0.4 is 5.32 Å². The molecule has 0 aliphatic carbocycles. The molecule has 0 aliphatic heterocycles. The first-order chi connectivity index (χ1) is 10.8. The molecule has 1 aromatic carbocycles. The molecule has 1 heterocycles. The SMILES string of the molecule is CN(C)C(CNC(=O)c1ccccc1C(F)(F)F)c1cccs1. The van der Waals surface area contributed by atoms with Gasteiger partial charge in [-0.25, -0.2) is 0 Å². The monoisotopic (exact) mass is 342 g/mol.